The molecular formula is C27H27FN8O3S. The SMILES string of the molecule is CCc1nn2ccc(N3CCN(C(=O)OC(C)(C)C)C(=O)C3)nc2c1Nc1nc(-c2ccc(F)cc2)c(C#N)s1. The van der Waals surface area contributed by atoms with Gasteiger partial charge in [-0.3, -0.25) is 4.79 Å². The lowest BCUT2D eigenvalue weighted by atomic mass is 10.1. The minimum absolute atomic E-state index is 0.0288. The Morgan fingerprint density at radius 3 is 2.60 bits per heavy atom. The number of amides is 2. The molecule has 2 amide bonds. The minimum Gasteiger partial charge on any atom is -0.443 e. The number of carbonyl (C=O) groups is 2. The van der Waals surface area contributed by atoms with Gasteiger partial charge >= 0.3 is 6.09 Å². The highest BCUT2D eigenvalue weighted by molar-refractivity contribution is 7.16. The maximum absolute atomic E-state index is 13.4. The molecule has 3 aromatic heterocycles. The van der Waals surface area contributed by atoms with Crippen LogP contribution in [-0.4, -0.2) is 61.7 Å². The predicted molar refractivity (Wildman–Crippen MR) is 148 cm³/mol. The van der Waals surface area contributed by atoms with Crippen molar-refractivity contribution in [3.8, 4) is 17.3 Å². The van der Waals surface area contributed by atoms with Gasteiger partial charge in [0.1, 0.15) is 39.6 Å². The second-order valence-corrected chi connectivity index (χ2v) is 11.1. The van der Waals surface area contributed by atoms with E-state index in [1.54, 1.807) is 54.6 Å². The maximum atomic E-state index is 13.4. The highest BCUT2D eigenvalue weighted by atomic mass is 32.1. The number of hydrogen-bond acceptors (Lipinski definition) is 10. The lowest BCUT2D eigenvalue weighted by Gasteiger charge is -2.34. The summed E-state index contributed by atoms with van der Waals surface area (Å²) in [5.74, 6) is -0.188. The Morgan fingerprint density at radius 1 is 1.20 bits per heavy atom. The maximum Gasteiger partial charge on any atom is 0.417 e. The molecule has 4 aromatic rings. The third kappa shape index (κ3) is 5.43. The number of piperazine rings is 1. The first kappa shape index (κ1) is 27.0. The van der Waals surface area contributed by atoms with Crippen LogP contribution in [0.25, 0.3) is 16.9 Å². The number of thiazole rings is 1. The molecule has 1 fully saturated rings. The molecule has 0 saturated carbocycles. The number of aryl methyl sites for hydroxylation is 1. The van der Waals surface area contributed by atoms with Crippen molar-refractivity contribution in [1.82, 2.24) is 24.5 Å². The molecule has 206 valence electrons. The Labute approximate surface area is 233 Å². The smallest absolute Gasteiger partial charge is 0.417 e. The van der Waals surface area contributed by atoms with E-state index in [1.807, 2.05) is 6.92 Å². The molecule has 0 unspecified atom stereocenters. The summed E-state index contributed by atoms with van der Waals surface area (Å²) in [5.41, 5.74) is 2.29. The number of nitriles is 1. The quantitative estimate of drug-likeness (QED) is 0.366. The number of nitrogens with zero attached hydrogens (tertiary/aromatic N) is 7. The average Bonchev–Trinajstić information content (AvgIpc) is 3.48. The zero-order valence-corrected chi connectivity index (χ0v) is 23.3. The van der Waals surface area contributed by atoms with Crippen LogP contribution in [0.2, 0.25) is 0 Å². The summed E-state index contributed by atoms with van der Waals surface area (Å²) in [6.07, 6.45) is 1.71. The van der Waals surface area contributed by atoms with Crippen molar-refractivity contribution in [2.75, 3.05) is 29.9 Å². The van der Waals surface area contributed by atoms with Gasteiger partial charge in [-0.25, -0.2) is 28.6 Å². The van der Waals surface area contributed by atoms with Gasteiger partial charge in [-0.2, -0.15) is 10.4 Å². The van der Waals surface area contributed by atoms with Gasteiger partial charge in [0.15, 0.2) is 10.8 Å². The third-order valence-corrected chi connectivity index (χ3v) is 6.99. The first-order chi connectivity index (χ1) is 19.1. The van der Waals surface area contributed by atoms with E-state index in [4.69, 9.17) is 9.72 Å². The molecule has 1 saturated heterocycles. The third-order valence-electron chi connectivity index (χ3n) is 6.11. The fraction of sp³-hybridized carbons (Fsp3) is 0.333. The van der Waals surface area contributed by atoms with Crippen molar-refractivity contribution in [3.05, 3.63) is 52.9 Å². The number of carbonyl (C=O) groups excluding carboxylic acids is 2. The van der Waals surface area contributed by atoms with Gasteiger partial charge < -0.3 is 15.0 Å². The molecule has 0 radical (unpaired) electrons. The van der Waals surface area contributed by atoms with Crippen molar-refractivity contribution >= 4 is 45.6 Å². The number of imide groups is 1. The van der Waals surface area contributed by atoms with Gasteiger partial charge in [0.25, 0.3) is 5.91 Å². The van der Waals surface area contributed by atoms with Crippen molar-refractivity contribution in [2.45, 2.75) is 39.7 Å². The Balaban J connectivity index is 1.42. The molecule has 4 heterocycles. The van der Waals surface area contributed by atoms with Crippen LogP contribution in [0, 0.1) is 17.1 Å². The van der Waals surface area contributed by atoms with E-state index in [1.165, 1.54) is 23.5 Å². The van der Waals surface area contributed by atoms with Crippen LogP contribution in [0.15, 0.2) is 36.5 Å². The van der Waals surface area contributed by atoms with E-state index in [9.17, 15) is 19.2 Å². The molecule has 0 atom stereocenters. The normalized spacial score (nSPS) is 13.9. The Bertz CT molecular complexity index is 1630. The summed E-state index contributed by atoms with van der Waals surface area (Å²) in [6, 6.07) is 9.75. The summed E-state index contributed by atoms with van der Waals surface area (Å²) in [5, 5.41) is 18.1. The van der Waals surface area contributed by atoms with Gasteiger partial charge in [-0.15, -0.1) is 0 Å². The molecule has 5 rings (SSSR count). The highest BCUT2D eigenvalue weighted by Gasteiger charge is 2.33. The summed E-state index contributed by atoms with van der Waals surface area (Å²) in [7, 11) is 0. The van der Waals surface area contributed by atoms with Gasteiger partial charge in [0.05, 0.1) is 12.2 Å². The van der Waals surface area contributed by atoms with Gasteiger partial charge in [-0.05, 0) is 57.5 Å². The predicted octanol–water partition coefficient (Wildman–Crippen LogP) is 4.75. The van der Waals surface area contributed by atoms with E-state index in [2.05, 4.69) is 21.5 Å². The van der Waals surface area contributed by atoms with Crippen LogP contribution in [0.4, 0.5) is 25.8 Å². The average molecular weight is 563 g/mol. The largest absolute Gasteiger partial charge is 0.443 e. The van der Waals surface area contributed by atoms with Crippen molar-refractivity contribution in [1.29, 1.82) is 5.26 Å². The molecule has 11 nitrogen and oxygen atoms in total. The van der Waals surface area contributed by atoms with Crippen molar-refractivity contribution in [2.24, 2.45) is 0 Å². The zero-order valence-electron chi connectivity index (χ0n) is 22.4. The van der Waals surface area contributed by atoms with E-state index >= 15 is 0 Å². The lowest BCUT2D eigenvalue weighted by molar-refractivity contribution is -0.130. The van der Waals surface area contributed by atoms with Gasteiger partial charge in [0.2, 0.25) is 0 Å². The number of nitrogens with one attached hydrogen (secondary N) is 1. The molecule has 0 aliphatic carbocycles. The number of aromatic nitrogens is 4. The first-order valence-corrected chi connectivity index (χ1v) is 13.5. The van der Waals surface area contributed by atoms with E-state index in [-0.39, 0.29) is 24.8 Å². The van der Waals surface area contributed by atoms with E-state index in [0.29, 0.717) is 51.4 Å². The number of ether oxygens (including phenoxy) is 1. The van der Waals surface area contributed by atoms with E-state index < -0.39 is 11.7 Å². The van der Waals surface area contributed by atoms with Crippen LogP contribution < -0.4 is 10.2 Å². The molecule has 1 N–H and O–H groups in total. The highest BCUT2D eigenvalue weighted by Crippen LogP contribution is 2.34. The van der Waals surface area contributed by atoms with Crippen LogP contribution >= 0.6 is 11.3 Å². The van der Waals surface area contributed by atoms with Crippen LogP contribution in [0.5, 0.6) is 0 Å². The molecule has 1 aliphatic heterocycles. The van der Waals surface area contributed by atoms with Crippen LogP contribution in [0.3, 0.4) is 0 Å². The van der Waals surface area contributed by atoms with Crippen LogP contribution in [0.1, 0.15) is 38.3 Å². The summed E-state index contributed by atoms with van der Waals surface area (Å²) in [4.78, 5) is 37.9. The topological polar surface area (TPSA) is 129 Å². The Morgan fingerprint density at radius 2 is 1.95 bits per heavy atom. The van der Waals surface area contributed by atoms with E-state index in [0.717, 1.165) is 10.6 Å². The molecule has 0 bridgehead atoms. The molecule has 0 spiro atoms. The zero-order chi connectivity index (χ0) is 28.6. The first-order valence-electron chi connectivity index (χ1n) is 12.7. The number of fused-ring (bicyclic) bond motifs is 1. The molecule has 1 aromatic carbocycles. The number of hydrogen-bond donors (Lipinski definition) is 1. The number of rotatable bonds is 5. The fourth-order valence-electron chi connectivity index (χ4n) is 4.26. The Hall–Kier alpha value is -4.57. The molecule has 1 aliphatic rings. The van der Waals surface area contributed by atoms with Crippen molar-refractivity contribution < 1.29 is 18.7 Å². The summed E-state index contributed by atoms with van der Waals surface area (Å²) < 4.78 is 20.4. The lowest BCUT2D eigenvalue weighted by Crippen LogP contribution is -2.53. The Kier molecular flexibility index (Phi) is 7.12. The summed E-state index contributed by atoms with van der Waals surface area (Å²) >= 11 is 1.18. The van der Waals surface area contributed by atoms with Gasteiger partial charge in [-0.1, -0.05) is 18.3 Å². The second kappa shape index (κ2) is 10.5. The minimum atomic E-state index is -0.700. The summed E-state index contributed by atoms with van der Waals surface area (Å²) in [6.45, 7) is 7.76. The monoisotopic (exact) mass is 562 g/mol. The molecule has 40 heavy (non-hydrogen) atoms. The molecule has 13 heteroatoms. The number of halogens is 1. The second-order valence-electron chi connectivity index (χ2n) is 10.1. The standard InChI is InChI=1S/C27H27FN8O3S/c1-5-18-23(32-25-31-22(19(14-29)40-25)16-6-8-17(28)9-7-16)24-30-20(10-11-36(24)33-18)34-12-13-35(21(37)15-34)26(38)39-27(2,3)4/h6-11H,5,12-13,15H2,1-4H3,(H,31,32). The number of anilines is 3. The van der Waals surface area contributed by atoms with Crippen LogP contribution in [-0.2, 0) is 16.0 Å². The van der Waals surface area contributed by atoms with Gasteiger partial charge in [0, 0.05) is 24.8 Å². The number of benzene rings is 1. The molecular weight excluding hydrogens is 535 g/mol. The van der Waals surface area contributed by atoms with Crippen molar-refractivity contribution in [3.63, 3.8) is 0 Å². The fourth-order valence-corrected chi connectivity index (χ4v) is 5.04.